The van der Waals surface area contributed by atoms with Gasteiger partial charge >= 0.3 is 12.1 Å². The lowest BCUT2D eigenvalue weighted by molar-refractivity contribution is -0.0226. The summed E-state index contributed by atoms with van der Waals surface area (Å²) >= 11 is 0. The second-order valence-corrected chi connectivity index (χ2v) is 10.4. The molecule has 1 aliphatic carbocycles. The number of rotatable bonds is 4. The third kappa shape index (κ3) is 4.28. The van der Waals surface area contributed by atoms with Crippen LogP contribution in [0.25, 0.3) is 11.3 Å². The van der Waals surface area contributed by atoms with E-state index in [2.05, 4.69) is 5.16 Å². The van der Waals surface area contributed by atoms with Crippen LogP contribution in [0.15, 0.2) is 22.7 Å². The molecule has 2 unspecified atom stereocenters. The molecule has 0 spiro atoms. The zero-order valence-corrected chi connectivity index (χ0v) is 19.5. The molecule has 1 aromatic carbocycles. The molecule has 182 valence electrons. The molecule has 0 N–H and O–H groups in total. The Kier molecular flexibility index (Phi) is 5.61. The minimum atomic E-state index is -0.826. The van der Waals surface area contributed by atoms with Crippen LogP contribution in [0.5, 0.6) is 0 Å². The Morgan fingerprint density at radius 3 is 2.24 bits per heavy atom. The van der Waals surface area contributed by atoms with Gasteiger partial charge in [0.25, 0.3) is 0 Å². The average molecular weight is 475 g/mol. The van der Waals surface area contributed by atoms with Gasteiger partial charge in [-0.15, -0.1) is 0 Å². The Labute approximate surface area is 196 Å². The summed E-state index contributed by atoms with van der Waals surface area (Å²) in [7, 11) is 0. The molecule has 0 radical (unpaired) electrons. The molecule has 1 saturated carbocycles. The molecular weight excluding hydrogens is 446 g/mol. The van der Waals surface area contributed by atoms with Gasteiger partial charge < -0.3 is 18.9 Å². The number of benzene rings is 1. The SMILES string of the molecule is CC(C)(C)OC(=O)N1C2CC[C@@H]1CC(OC(=O)c1c(-c3c(F)cccc3F)noc1C1CC1)C2. The van der Waals surface area contributed by atoms with E-state index in [9.17, 15) is 18.4 Å². The molecule has 1 aromatic heterocycles. The van der Waals surface area contributed by atoms with Gasteiger partial charge in [0, 0.05) is 30.8 Å². The maximum Gasteiger partial charge on any atom is 0.410 e. The highest BCUT2D eigenvalue weighted by Gasteiger charge is 2.47. The van der Waals surface area contributed by atoms with Crippen molar-refractivity contribution in [1.29, 1.82) is 0 Å². The summed E-state index contributed by atoms with van der Waals surface area (Å²) in [6.45, 7) is 5.48. The molecule has 7 nitrogen and oxygen atoms in total. The lowest BCUT2D eigenvalue weighted by atomic mass is 9.99. The number of carbonyl (C=O) groups excluding carboxylic acids is 2. The fraction of sp³-hybridized carbons (Fsp3) is 0.560. The summed E-state index contributed by atoms with van der Waals surface area (Å²) in [6, 6.07) is 3.31. The van der Waals surface area contributed by atoms with Gasteiger partial charge in [-0.25, -0.2) is 18.4 Å². The Hall–Kier alpha value is -2.97. The van der Waals surface area contributed by atoms with E-state index in [1.54, 1.807) is 4.90 Å². The molecule has 2 bridgehead atoms. The third-order valence-electron chi connectivity index (χ3n) is 6.64. The summed E-state index contributed by atoms with van der Waals surface area (Å²) in [6.07, 6.45) is 3.43. The molecule has 3 atom stereocenters. The van der Waals surface area contributed by atoms with Crippen molar-refractivity contribution in [2.24, 2.45) is 0 Å². The van der Waals surface area contributed by atoms with Crippen LogP contribution in [0.4, 0.5) is 13.6 Å². The zero-order chi connectivity index (χ0) is 24.2. The lowest BCUT2D eigenvalue weighted by Crippen LogP contribution is -2.50. The number of esters is 1. The van der Waals surface area contributed by atoms with Gasteiger partial charge in [0.2, 0.25) is 0 Å². The molecule has 2 aliphatic heterocycles. The number of amides is 1. The maximum absolute atomic E-state index is 14.5. The topological polar surface area (TPSA) is 81.9 Å². The predicted molar refractivity (Wildman–Crippen MR) is 117 cm³/mol. The van der Waals surface area contributed by atoms with Crippen molar-refractivity contribution in [1.82, 2.24) is 10.1 Å². The van der Waals surface area contributed by atoms with Crippen molar-refractivity contribution in [3.8, 4) is 11.3 Å². The van der Waals surface area contributed by atoms with E-state index >= 15 is 0 Å². The first kappa shape index (κ1) is 22.8. The third-order valence-corrected chi connectivity index (χ3v) is 6.64. The molecule has 3 fully saturated rings. The van der Waals surface area contributed by atoms with E-state index in [4.69, 9.17) is 14.0 Å². The summed E-state index contributed by atoms with van der Waals surface area (Å²) in [4.78, 5) is 27.8. The number of aromatic nitrogens is 1. The van der Waals surface area contributed by atoms with Crippen LogP contribution in [0, 0.1) is 11.6 Å². The maximum atomic E-state index is 14.5. The van der Waals surface area contributed by atoms with Crippen molar-refractivity contribution in [2.45, 2.75) is 89.0 Å². The largest absolute Gasteiger partial charge is 0.458 e. The van der Waals surface area contributed by atoms with E-state index in [0.717, 1.165) is 37.8 Å². The minimum absolute atomic E-state index is 0.00609. The highest BCUT2D eigenvalue weighted by molar-refractivity contribution is 5.97. The number of halogens is 2. The molecule has 9 heteroatoms. The molecule has 1 amide bonds. The van der Waals surface area contributed by atoms with Gasteiger partial charge in [-0.05, 0) is 58.6 Å². The monoisotopic (exact) mass is 474 g/mol. The van der Waals surface area contributed by atoms with E-state index < -0.39 is 34.9 Å². The summed E-state index contributed by atoms with van der Waals surface area (Å²) in [5, 5.41) is 3.87. The molecule has 3 aliphatic rings. The molecule has 34 heavy (non-hydrogen) atoms. The molecule has 2 aromatic rings. The van der Waals surface area contributed by atoms with Crippen LogP contribution >= 0.6 is 0 Å². The second-order valence-electron chi connectivity index (χ2n) is 10.4. The summed E-state index contributed by atoms with van der Waals surface area (Å²) in [5.41, 5.74) is -1.17. The minimum Gasteiger partial charge on any atom is -0.458 e. The van der Waals surface area contributed by atoms with Crippen LogP contribution in [0.2, 0.25) is 0 Å². The van der Waals surface area contributed by atoms with Gasteiger partial charge in [-0.2, -0.15) is 0 Å². The number of piperidine rings is 1. The zero-order valence-electron chi connectivity index (χ0n) is 19.5. The molecule has 2 saturated heterocycles. The smallest absolute Gasteiger partial charge is 0.410 e. The second kappa shape index (κ2) is 8.36. The molecule has 5 rings (SSSR count). The van der Waals surface area contributed by atoms with Crippen LogP contribution in [-0.2, 0) is 9.47 Å². The number of hydrogen-bond donors (Lipinski definition) is 0. The normalized spacial score (nSPS) is 24.3. The number of hydrogen-bond acceptors (Lipinski definition) is 6. The standard InChI is InChI=1S/C25H28F2N2O5/c1-25(2,3)33-24(31)29-14-9-10-15(29)12-16(11-14)32-23(30)20-21(28-34-22(20)13-7-8-13)19-17(26)5-4-6-18(19)27/h4-6,13-16H,7-12H2,1-3H3/t14-,15?,16?/m1/s1. The number of nitrogens with zero attached hydrogens (tertiary/aromatic N) is 2. The quantitative estimate of drug-likeness (QED) is 0.538. The Bertz CT molecular complexity index is 1090. The fourth-order valence-electron chi connectivity index (χ4n) is 5.07. The van der Waals surface area contributed by atoms with Gasteiger partial charge in [-0.1, -0.05) is 11.2 Å². The summed E-state index contributed by atoms with van der Waals surface area (Å²) < 4.78 is 45.8. The van der Waals surface area contributed by atoms with Crippen molar-refractivity contribution in [3.05, 3.63) is 41.2 Å². The van der Waals surface area contributed by atoms with E-state index in [1.165, 1.54) is 6.07 Å². The van der Waals surface area contributed by atoms with Crippen LogP contribution in [-0.4, -0.2) is 45.9 Å². The number of ether oxygens (including phenoxy) is 2. The average Bonchev–Trinajstić information content (AvgIpc) is 3.43. The van der Waals surface area contributed by atoms with Crippen molar-refractivity contribution >= 4 is 12.1 Å². The van der Waals surface area contributed by atoms with E-state index in [-0.39, 0.29) is 35.4 Å². The highest BCUT2D eigenvalue weighted by atomic mass is 19.1. The Morgan fingerprint density at radius 1 is 1.06 bits per heavy atom. The Morgan fingerprint density at radius 2 is 1.68 bits per heavy atom. The van der Waals surface area contributed by atoms with E-state index in [1.807, 2.05) is 20.8 Å². The molecular formula is C25H28F2N2O5. The number of fused-ring (bicyclic) bond motifs is 2. The van der Waals surface area contributed by atoms with Crippen LogP contribution in [0.3, 0.4) is 0 Å². The Balaban J connectivity index is 1.36. The first-order valence-electron chi connectivity index (χ1n) is 11.8. The fourth-order valence-corrected chi connectivity index (χ4v) is 5.07. The first-order chi connectivity index (χ1) is 16.1. The molecule has 3 heterocycles. The van der Waals surface area contributed by atoms with Gasteiger partial charge in [0.05, 0.1) is 5.56 Å². The van der Waals surface area contributed by atoms with Gasteiger partial charge in [0.1, 0.15) is 34.6 Å². The van der Waals surface area contributed by atoms with Crippen molar-refractivity contribution < 1.29 is 32.4 Å². The van der Waals surface area contributed by atoms with Crippen molar-refractivity contribution in [2.75, 3.05) is 0 Å². The van der Waals surface area contributed by atoms with Gasteiger partial charge in [0.15, 0.2) is 5.76 Å². The van der Waals surface area contributed by atoms with Gasteiger partial charge in [-0.3, -0.25) is 0 Å². The lowest BCUT2D eigenvalue weighted by Gasteiger charge is -2.39. The van der Waals surface area contributed by atoms with Crippen molar-refractivity contribution in [3.63, 3.8) is 0 Å². The highest BCUT2D eigenvalue weighted by Crippen LogP contribution is 2.45. The van der Waals surface area contributed by atoms with Crippen LogP contribution < -0.4 is 0 Å². The number of carbonyl (C=O) groups is 2. The first-order valence-corrected chi connectivity index (χ1v) is 11.8. The summed E-state index contributed by atoms with van der Waals surface area (Å²) in [5.74, 6) is -2.04. The van der Waals surface area contributed by atoms with E-state index in [0.29, 0.717) is 18.6 Å². The predicted octanol–water partition coefficient (Wildman–Crippen LogP) is 5.58. The van der Waals surface area contributed by atoms with Crippen LogP contribution in [0.1, 0.15) is 81.3 Å².